The second kappa shape index (κ2) is 5.35. The molecule has 0 amide bonds. The van der Waals surface area contributed by atoms with Crippen molar-refractivity contribution in [2.24, 2.45) is 23.2 Å². The Morgan fingerprint density at radius 1 is 1.35 bits per heavy atom. The van der Waals surface area contributed by atoms with E-state index in [1.54, 1.807) is 6.92 Å². The number of carbonyl (C=O) groups is 2. The molecule has 4 heteroatoms. The maximum absolute atomic E-state index is 12.3. The van der Waals surface area contributed by atoms with Gasteiger partial charge in [-0.2, -0.15) is 0 Å². The zero-order valence-electron chi connectivity index (χ0n) is 14.7. The number of esters is 2. The Kier molecular flexibility index (Phi) is 3.85. The van der Waals surface area contributed by atoms with E-state index >= 15 is 0 Å². The maximum atomic E-state index is 12.3. The third-order valence-corrected chi connectivity index (χ3v) is 6.57. The fourth-order valence-electron chi connectivity index (χ4n) is 5.17. The first-order chi connectivity index (χ1) is 10.7. The number of carbonyl (C=O) groups excluding carboxylic acids is 2. The van der Waals surface area contributed by atoms with Crippen molar-refractivity contribution in [2.75, 3.05) is 0 Å². The summed E-state index contributed by atoms with van der Waals surface area (Å²) in [6.45, 7) is 11.7. The molecular weight excluding hydrogens is 292 g/mol. The fourth-order valence-corrected chi connectivity index (χ4v) is 5.17. The molecule has 2 aliphatic heterocycles. The molecule has 4 rings (SSSR count). The molecule has 0 radical (unpaired) electrons. The third kappa shape index (κ3) is 2.50. The Hall–Kier alpha value is -1.32. The summed E-state index contributed by atoms with van der Waals surface area (Å²) in [4.78, 5) is 24.6. The van der Waals surface area contributed by atoms with Gasteiger partial charge < -0.3 is 9.47 Å². The highest BCUT2D eigenvalue weighted by atomic mass is 16.6. The van der Waals surface area contributed by atoms with Gasteiger partial charge in [0.15, 0.2) is 0 Å². The minimum atomic E-state index is -0.605. The molecule has 2 saturated heterocycles. The van der Waals surface area contributed by atoms with E-state index in [-0.39, 0.29) is 35.3 Å². The van der Waals surface area contributed by atoms with Crippen LogP contribution in [0.2, 0.25) is 0 Å². The smallest absolute Gasteiger partial charge is 0.333 e. The molecule has 0 N–H and O–H groups in total. The minimum Gasteiger partial charge on any atom is -0.462 e. The molecule has 23 heavy (non-hydrogen) atoms. The van der Waals surface area contributed by atoms with Crippen molar-refractivity contribution in [3.63, 3.8) is 0 Å². The Morgan fingerprint density at radius 3 is 2.65 bits per heavy atom. The van der Waals surface area contributed by atoms with Gasteiger partial charge >= 0.3 is 11.9 Å². The van der Waals surface area contributed by atoms with Gasteiger partial charge in [-0.1, -0.05) is 20.4 Å². The molecule has 5 unspecified atom stereocenters. The molecular formula is C19H28O4. The number of fused-ring (bicyclic) bond motifs is 1. The summed E-state index contributed by atoms with van der Waals surface area (Å²) in [5, 5.41) is 0. The van der Waals surface area contributed by atoms with Crippen LogP contribution in [-0.2, 0) is 19.1 Å². The van der Waals surface area contributed by atoms with E-state index in [2.05, 4.69) is 27.4 Å². The first-order valence-corrected chi connectivity index (χ1v) is 8.76. The van der Waals surface area contributed by atoms with Crippen LogP contribution < -0.4 is 0 Å². The molecule has 4 aliphatic rings. The summed E-state index contributed by atoms with van der Waals surface area (Å²) < 4.78 is 11.7. The molecule has 2 aliphatic carbocycles. The summed E-state index contributed by atoms with van der Waals surface area (Å²) in [6.07, 6.45) is 4.48. The molecule has 5 atom stereocenters. The molecule has 4 fully saturated rings. The highest BCUT2D eigenvalue weighted by Gasteiger charge is 2.62. The van der Waals surface area contributed by atoms with Crippen molar-refractivity contribution in [1.29, 1.82) is 0 Å². The van der Waals surface area contributed by atoms with Crippen LogP contribution in [0.1, 0.15) is 59.8 Å². The lowest BCUT2D eigenvalue weighted by Crippen LogP contribution is -2.58. The Labute approximate surface area is 138 Å². The van der Waals surface area contributed by atoms with Gasteiger partial charge in [-0.05, 0) is 57.8 Å². The summed E-state index contributed by atoms with van der Waals surface area (Å²) >= 11 is 0. The van der Waals surface area contributed by atoms with E-state index in [9.17, 15) is 9.59 Å². The van der Waals surface area contributed by atoms with E-state index in [1.807, 2.05) is 0 Å². The number of hydrogen-bond acceptors (Lipinski definition) is 4. The maximum Gasteiger partial charge on any atom is 0.333 e. The highest BCUT2D eigenvalue weighted by Crippen LogP contribution is 2.61. The Bertz CT molecular complexity index is 552. The van der Waals surface area contributed by atoms with E-state index in [4.69, 9.17) is 9.47 Å². The van der Waals surface area contributed by atoms with Gasteiger partial charge in [0.1, 0.15) is 11.7 Å². The van der Waals surface area contributed by atoms with Crippen LogP contribution >= 0.6 is 0 Å². The third-order valence-electron chi connectivity index (χ3n) is 6.57. The number of rotatable bonds is 4. The molecule has 2 heterocycles. The first kappa shape index (κ1) is 16.5. The fraction of sp³-hybridized carbons (Fsp3) is 0.789. The van der Waals surface area contributed by atoms with Crippen molar-refractivity contribution in [3.05, 3.63) is 12.2 Å². The molecule has 2 saturated carbocycles. The predicted octanol–water partition coefficient (Wildman–Crippen LogP) is 3.64. The Balaban J connectivity index is 2.00. The molecule has 0 aromatic heterocycles. The van der Waals surface area contributed by atoms with E-state index in [0.717, 1.165) is 32.1 Å². The lowest BCUT2D eigenvalue weighted by molar-refractivity contribution is -0.199. The Morgan fingerprint density at radius 2 is 2.04 bits per heavy atom. The van der Waals surface area contributed by atoms with Gasteiger partial charge in [0.05, 0.1) is 5.92 Å². The van der Waals surface area contributed by atoms with Crippen molar-refractivity contribution < 1.29 is 19.1 Å². The van der Waals surface area contributed by atoms with Crippen LogP contribution in [0.15, 0.2) is 12.2 Å². The monoisotopic (exact) mass is 320 g/mol. The standard InChI is InChI=1S/C19H28O4/c1-11(2)16(20)23-18(5,12(3)4)19-8-13-6-14(9-19)17(21)22-15(7-13)10-19/h12-15H,1,6-10H2,2-5H3. The highest BCUT2D eigenvalue weighted by molar-refractivity contribution is 5.87. The average Bonchev–Trinajstić information content (AvgIpc) is 2.60. The van der Waals surface area contributed by atoms with Crippen molar-refractivity contribution in [3.8, 4) is 0 Å². The van der Waals surface area contributed by atoms with Gasteiger partial charge in [0, 0.05) is 11.0 Å². The van der Waals surface area contributed by atoms with Crippen LogP contribution in [0.5, 0.6) is 0 Å². The van der Waals surface area contributed by atoms with Crippen LogP contribution in [0.25, 0.3) is 0 Å². The molecule has 0 aromatic rings. The van der Waals surface area contributed by atoms with Crippen molar-refractivity contribution in [1.82, 2.24) is 0 Å². The van der Waals surface area contributed by atoms with Crippen molar-refractivity contribution >= 4 is 11.9 Å². The van der Waals surface area contributed by atoms with Crippen LogP contribution in [-0.4, -0.2) is 23.6 Å². The van der Waals surface area contributed by atoms with Crippen LogP contribution in [0.3, 0.4) is 0 Å². The summed E-state index contributed by atoms with van der Waals surface area (Å²) in [5.41, 5.74) is -0.353. The van der Waals surface area contributed by atoms with E-state index in [0.29, 0.717) is 11.5 Å². The lowest BCUT2D eigenvalue weighted by Gasteiger charge is -2.56. The van der Waals surface area contributed by atoms with Crippen molar-refractivity contribution in [2.45, 2.75) is 71.5 Å². The SMILES string of the molecule is C=C(C)C(=O)OC(C)(C(C)C)C12CC3CC(C1)OC(=O)C(C3)C2. The number of ether oxygens (including phenoxy) is 2. The second-order valence-electron chi connectivity index (χ2n) is 8.42. The quantitative estimate of drug-likeness (QED) is 0.586. The molecule has 128 valence electrons. The van der Waals surface area contributed by atoms with E-state index in [1.165, 1.54) is 0 Å². The van der Waals surface area contributed by atoms with Crippen LogP contribution in [0, 0.1) is 23.2 Å². The molecule has 4 nitrogen and oxygen atoms in total. The van der Waals surface area contributed by atoms with Crippen LogP contribution in [0.4, 0.5) is 0 Å². The topological polar surface area (TPSA) is 52.6 Å². The molecule has 0 spiro atoms. The average molecular weight is 320 g/mol. The predicted molar refractivity (Wildman–Crippen MR) is 86.5 cm³/mol. The molecule has 4 bridgehead atoms. The normalized spacial score (nSPS) is 38.0. The largest absolute Gasteiger partial charge is 0.462 e. The van der Waals surface area contributed by atoms with Gasteiger partial charge in [-0.15, -0.1) is 0 Å². The summed E-state index contributed by atoms with van der Waals surface area (Å²) in [7, 11) is 0. The lowest BCUT2D eigenvalue weighted by atomic mass is 9.51. The zero-order chi connectivity index (χ0) is 17.0. The zero-order valence-corrected chi connectivity index (χ0v) is 14.7. The summed E-state index contributed by atoms with van der Waals surface area (Å²) in [6, 6.07) is 0. The minimum absolute atomic E-state index is 0.0182. The first-order valence-electron chi connectivity index (χ1n) is 8.76. The molecule has 0 aromatic carbocycles. The second-order valence-corrected chi connectivity index (χ2v) is 8.42. The van der Waals surface area contributed by atoms with E-state index < -0.39 is 5.60 Å². The van der Waals surface area contributed by atoms with Gasteiger partial charge in [-0.25, -0.2) is 4.79 Å². The number of hydrogen-bond donors (Lipinski definition) is 0. The van der Waals surface area contributed by atoms with Gasteiger partial charge in [0.25, 0.3) is 0 Å². The van der Waals surface area contributed by atoms with Gasteiger partial charge in [0.2, 0.25) is 0 Å². The van der Waals surface area contributed by atoms with Gasteiger partial charge in [-0.3, -0.25) is 4.79 Å². The summed E-state index contributed by atoms with van der Waals surface area (Å²) in [5.74, 6) is 0.250.